The number of aryl methyl sites for hydroxylation is 1. The van der Waals surface area contributed by atoms with Crippen LogP contribution in [0.4, 0.5) is 0 Å². The second kappa shape index (κ2) is 6.77. The van der Waals surface area contributed by atoms with Crippen LogP contribution in [0.2, 0.25) is 0 Å². The van der Waals surface area contributed by atoms with Crippen molar-refractivity contribution in [1.29, 1.82) is 0 Å². The lowest BCUT2D eigenvalue weighted by atomic mass is 10.3. The summed E-state index contributed by atoms with van der Waals surface area (Å²) in [6.45, 7) is 9.79. The monoisotopic (exact) mass is 330 g/mol. The number of nitrogens with one attached hydrogen (secondary N) is 1. The van der Waals surface area contributed by atoms with Gasteiger partial charge in [0.05, 0.1) is 0 Å². The molecule has 0 atom stereocenters. The fraction of sp³-hybridized carbons (Fsp3) is 0.733. The molecule has 1 aromatic heterocycles. The lowest BCUT2D eigenvalue weighted by Crippen LogP contribution is -2.34. The molecule has 6 heteroatoms. The van der Waals surface area contributed by atoms with Gasteiger partial charge in [0.25, 0.3) is 0 Å². The molecule has 120 valence electrons. The molecule has 1 aliphatic carbocycles. The van der Waals surface area contributed by atoms with Crippen LogP contribution in [-0.2, 0) is 16.6 Å². The molecule has 0 unspecified atom stereocenters. The van der Waals surface area contributed by atoms with Crippen molar-refractivity contribution in [3.8, 4) is 0 Å². The van der Waals surface area contributed by atoms with Gasteiger partial charge in [-0.3, -0.25) is 0 Å². The lowest BCUT2D eigenvalue weighted by molar-refractivity contribution is 0.411. The average molecular weight is 331 g/mol. The van der Waals surface area contributed by atoms with Gasteiger partial charge in [-0.1, -0.05) is 20.8 Å². The van der Waals surface area contributed by atoms with E-state index in [0.29, 0.717) is 36.5 Å². The highest BCUT2D eigenvalue weighted by Gasteiger charge is 2.33. The number of rotatable bonds is 8. The van der Waals surface area contributed by atoms with E-state index in [4.69, 9.17) is 0 Å². The smallest absolute Gasteiger partial charge is 0.244 e. The van der Waals surface area contributed by atoms with Crippen molar-refractivity contribution in [2.24, 2.45) is 5.92 Å². The van der Waals surface area contributed by atoms with Crippen LogP contribution in [0.3, 0.4) is 0 Å². The van der Waals surface area contributed by atoms with Crippen molar-refractivity contribution in [2.75, 3.05) is 13.1 Å². The summed E-state index contributed by atoms with van der Waals surface area (Å²) in [5.41, 5.74) is 0.870. The van der Waals surface area contributed by atoms with Crippen LogP contribution in [0.15, 0.2) is 10.3 Å². The van der Waals surface area contributed by atoms with Gasteiger partial charge < -0.3 is 5.32 Å². The summed E-state index contributed by atoms with van der Waals surface area (Å²) in [6, 6.07) is 0.344. The standard InChI is InChI=1S/C15H26N2O2S2/c1-5-17(9-13-6-7-13)21(18,19)15-12(4)10-20-14(15)8-16-11(2)3/h10-11,13,16H,5-9H2,1-4H3. The van der Waals surface area contributed by atoms with E-state index in [9.17, 15) is 8.42 Å². The molecule has 1 aromatic rings. The molecule has 4 nitrogen and oxygen atoms in total. The van der Waals surface area contributed by atoms with Crippen LogP contribution < -0.4 is 5.32 Å². The van der Waals surface area contributed by atoms with Crippen molar-refractivity contribution in [3.05, 3.63) is 15.8 Å². The molecular weight excluding hydrogens is 304 g/mol. The van der Waals surface area contributed by atoms with Crippen molar-refractivity contribution in [2.45, 2.75) is 58.0 Å². The zero-order valence-corrected chi connectivity index (χ0v) is 15.0. The molecule has 0 saturated heterocycles. The average Bonchev–Trinajstić information content (AvgIpc) is 3.15. The molecule has 1 aliphatic rings. The molecular formula is C15H26N2O2S2. The highest BCUT2D eigenvalue weighted by Crippen LogP contribution is 2.34. The van der Waals surface area contributed by atoms with Crippen molar-refractivity contribution >= 4 is 21.4 Å². The van der Waals surface area contributed by atoms with Gasteiger partial charge in [-0.25, -0.2) is 8.42 Å². The first-order valence-electron chi connectivity index (χ1n) is 7.66. The van der Waals surface area contributed by atoms with E-state index in [2.05, 4.69) is 19.2 Å². The van der Waals surface area contributed by atoms with E-state index in [-0.39, 0.29) is 0 Å². The van der Waals surface area contributed by atoms with Crippen molar-refractivity contribution < 1.29 is 8.42 Å². The summed E-state index contributed by atoms with van der Waals surface area (Å²) in [7, 11) is -3.37. The fourth-order valence-electron chi connectivity index (χ4n) is 2.37. The third-order valence-electron chi connectivity index (χ3n) is 3.77. The maximum atomic E-state index is 13.0. The molecule has 21 heavy (non-hydrogen) atoms. The quantitative estimate of drug-likeness (QED) is 0.797. The van der Waals surface area contributed by atoms with Crippen LogP contribution in [0.1, 0.15) is 44.1 Å². The first-order chi connectivity index (χ1) is 9.86. The molecule has 0 bridgehead atoms. The second-order valence-corrected chi connectivity index (χ2v) is 8.94. The van der Waals surface area contributed by atoms with E-state index in [1.165, 1.54) is 11.3 Å². The molecule has 0 aromatic carbocycles. The van der Waals surface area contributed by atoms with Gasteiger partial charge in [-0.15, -0.1) is 11.3 Å². The van der Waals surface area contributed by atoms with E-state index >= 15 is 0 Å². The summed E-state index contributed by atoms with van der Waals surface area (Å²) in [5, 5.41) is 5.28. The Morgan fingerprint density at radius 2 is 2.10 bits per heavy atom. The van der Waals surface area contributed by atoms with E-state index in [1.807, 2.05) is 19.2 Å². The third-order valence-corrected chi connectivity index (χ3v) is 7.17. The third kappa shape index (κ3) is 4.06. The Morgan fingerprint density at radius 3 is 2.62 bits per heavy atom. The topological polar surface area (TPSA) is 49.4 Å². The van der Waals surface area contributed by atoms with Gasteiger partial charge in [0, 0.05) is 30.6 Å². The molecule has 1 heterocycles. The predicted octanol–water partition coefficient (Wildman–Crippen LogP) is 2.98. The molecule has 0 amide bonds. The highest BCUT2D eigenvalue weighted by molar-refractivity contribution is 7.89. The molecule has 0 radical (unpaired) electrons. The van der Waals surface area contributed by atoms with Gasteiger partial charge in [0.15, 0.2) is 0 Å². The Bertz CT molecular complexity index is 574. The normalized spacial score (nSPS) is 16.1. The van der Waals surface area contributed by atoms with Crippen LogP contribution in [-0.4, -0.2) is 31.9 Å². The Morgan fingerprint density at radius 1 is 1.43 bits per heavy atom. The first kappa shape index (κ1) is 16.9. The zero-order valence-electron chi connectivity index (χ0n) is 13.3. The summed E-state index contributed by atoms with van der Waals surface area (Å²) >= 11 is 1.54. The number of thiophene rings is 1. The second-order valence-electron chi connectivity index (χ2n) is 6.11. The Labute approximate surface area is 132 Å². The minimum absolute atomic E-state index is 0.344. The molecule has 1 saturated carbocycles. The molecule has 1 fully saturated rings. The van der Waals surface area contributed by atoms with Gasteiger partial charge >= 0.3 is 0 Å². The van der Waals surface area contributed by atoms with Gasteiger partial charge in [-0.05, 0) is 36.6 Å². The van der Waals surface area contributed by atoms with Gasteiger partial charge in [0.1, 0.15) is 4.90 Å². The molecule has 2 rings (SSSR count). The minimum atomic E-state index is -3.37. The van der Waals surface area contributed by atoms with E-state index in [0.717, 1.165) is 23.3 Å². The van der Waals surface area contributed by atoms with Crippen molar-refractivity contribution in [1.82, 2.24) is 9.62 Å². The summed E-state index contributed by atoms with van der Waals surface area (Å²) in [5.74, 6) is 0.566. The van der Waals surface area contributed by atoms with Gasteiger partial charge in [0.2, 0.25) is 10.0 Å². The Hall–Kier alpha value is -0.430. The first-order valence-corrected chi connectivity index (χ1v) is 9.98. The van der Waals surface area contributed by atoms with E-state index in [1.54, 1.807) is 4.31 Å². The molecule has 0 spiro atoms. The van der Waals surface area contributed by atoms with E-state index < -0.39 is 10.0 Å². The van der Waals surface area contributed by atoms with Crippen LogP contribution in [0.25, 0.3) is 0 Å². The zero-order chi connectivity index (χ0) is 15.6. The van der Waals surface area contributed by atoms with Crippen LogP contribution >= 0.6 is 11.3 Å². The Balaban J connectivity index is 2.26. The SMILES string of the molecule is CCN(CC1CC1)S(=O)(=O)c1c(C)csc1CNC(C)C. The predicted molar refractivity (Wildman–Crippen MR) is 88.2 cm³/mol. The van der Waals surface area contributed by atoms with Crippen molar-refractivity contribution in [3.63, 3.8) is 0 Å². The number of hydrogen-bond donors (Lipinski definition) is 1. The van der Waals surface area contributed by atoms with Gasteiger partial charge in [-0.2, -0.15) is 4.31 Å². The lowest BCUT2D eigenvalue weighted by Gasteiger charge is -2.21. The number of hydrogen-bond acceptors (Lipinski definition) is 4. The maximum Gasteiger partial charge on any atom is 0.244 e. The molecule has 1 N–H and O–H groups in total. The maximum absolute atomic E-state index is 13.0. The molecule has 0 aliphatic heterocycles. The largest absolute Gasteiger partial charge is 0.310 e. The number of nitrogens with zero attached hydrogens (tertiary/aromatic N) is 1. The van der Waals surface area contributed by atoms with Crippen LogP contribution in [0, 0.1) is 12.8 Å². The Kier molecular flexibility index (Phi) is 5.46. The summed E-state index contributed by atoms with van der Waals surface area (Å²) in [6.07, 6.45) is 2.33. The summed E-state index contributed by atoms with van der Waals surface area (Å²) in [4.78, 5) is 1.46. The number of sulfonamides is 1. The minimum Gasteiger partial charge on any atom is -0.310 e. The fourth-order valence-corrected chi connectivity index (χ4v) is 5.60. The summed E-state index contributed by atoms with van der Waals surface area (Å²) < 4.78 is 27.6. The highest BCUT2D eigenvalue weighted by atomic mass is 32.2. The van der Waals surface area contributed by atoms with Crippen LogP contribution in [0.5, 0.6) is 0 Å².